The minimum atomic E-state index is 1.01. The fourth-order valence-electron chi connectivity index (χ4n) is 1.97. The summed E-state index contributed by atoms with van der Waals surface area (Å²) < 4.78 is 0. The van der Waals surface area contributed by atoms with Crippen LogP contribution in [0.1, 0.15) is 33.6 Å². The van der Waals surface area contributed by atoms with E-state index in [0.29, 0.717) is 0 Å². The highest BCUT2D eigenvalue weighted by Gasteiger charge is 2.13. The highest BCUT2D eigenvalue weighted by atomic mass is 15.2. The van der Waals surface area contributed by atoms with Crippen LogP contribution in [0, 0.1) is 0 Å². The Labute approximate surface area is 136 Å². The molecular formula is C21H29N. The van der Waals surface area contributed by atoms with Crippen LogP contribution < -0.4 is 0 Å². The van der Waals surface area contributed by atoms with Crippen LogP contribution >= 0.6 is 0 Å². The molecular weight excluding hydrogens is 266 g/mol. The Morgan fingerprint density at radius 2 is 1.68 bits per heavy atom. The van der Waals surface area contributed by atoms with Crippen molar-refractivity contribution in [3.8, 4) is 0 Å². The lowest BCUT2D eigenvalue weighted by atomic mass is 10.1. The summed E-state index contributed by atoms with van der Waals surface area (Å²) in [6.45, 7) is 17.7. The molecule has 0 fully saturated rings. The van der Waals surface area contributed by atoms with Gasteiger partial charge >= 0.3 is 0 Å². The summed E-state index contributed by atoms with van der Waals surface area (Å²) in [5.41, 5.74) is 3.17. The van der Waals surface area contributed by atoms with Gasteiger partial charge in [0.05, 0.1) is 0 Å². The molecule has 0 rings (SSSR count). The van der Waals surface area contributed by atoms with Gasteiger partial charge in [-0.2, -0.15) is 0 Å². The Kier molecular flexibility index (Phi) is 11.2. The second kappa shape index (κ2) is 12.5. The molecule has 0 radical (unpaired) electrons. The van der Waals surface area contributed by atoms with E-state index in [9.17, 15) is 0 Å². The van der Waals surface area contributed by atoms with E-state index in [4.69, 9.17) is 0 Å². The van der Waals surface area contributed by atoms with E-state index in [1.165, 1.54) is 0 Å². The van der Waals surface area contributed by atoms with Gasteiger partial charge in [-0.1, -0.05) is 69.5 Å². The summed E-state index contributed by atoms with van der Waals surface area (Å²) in [6, 6.07) is 0. The number of unbranched alkanes of at least 4 members (excludes halogenated alkanes) is 1. The molecule has 1 nitrogen and oxygen atoms in total. The summed E-state index contributed by atoms with van der Waals surface area (Å²) >= 11 is 0. The smallest absolute Gasteiger partial charge is 0.0457 e. The molecule has 0 aliphatic carbocycles. The zero-order chi connectivity index (χ0) is 16.8. The fourth-order valence-corrected chi connectivity index (χ4v) is 1.97. The van der Waals surface area contributed by atoms with Gasteiger partial charge in [-0.25, -0.2) is 0 Å². The van der Waals surface area contributed by atoms with Gasteiger partial charge in [0.2, 0.25) is 0 Å². The monoisotopic (exact) mass is 295 g/mol. The first kappa shape index (κ1) is 19.7. The first-order valence-corrected chi connectivity index (χ1v) is 7.73. The van der Waals surface area contributed by atoms with Crippen molar-refractivity contribution in [1.29, 1.82) is 0 Å². The third kappa shape index (κ3) is 6.45. The Hall–Kier alpha value is -2.28. The molecule has 22 heavy (non-hydrogen) atoms. The maximum atomic E-state index is 3.98. The van der Waals surface area contributed by atoms with Crippen LogP contribution in [0.15, 0.2) is 97.6 Å². The van der Waals surface area contributed by atoms with Gasteiger partial charge in [-0.05, 0) is 44.6 Å². The van der Waals surface area contributed by atoms with E-state index in [2.05, 4.69) is 49.8 Å². The minimum Gasteiger partial charge on any atom is -0.311 e. The number of rotatable bonds is 10. The molecule has 0 bridgehead atoms. The first-order valence-electron chi connectivity index (χ1n) is 7.73. The van der Waals surface area contributed by atoms with Crippen LogP contribution in [0.3, 0.4) is 0 Å². The van der Waals surface area contributed by atoms with Crippen molar-refractivity contribution in [3.63, 3.8) is 0 Å². The second-order valence-electron chi connectivity index (χ2n) is 4.59. The van der Waals surface area contributed by atoms with E-state index < -0.39 is 0 Å². The van der Waals surface area contributed by atoms with Crippen LogP contribution in [0.4, 0.5) is 0 Å². The third-order valence-electron chi connectivity index (χ3n) is 2.95. The number of nitrogens with zero attached hydrogens (tertiary/aromatic N) is 1. The van der Waals surface area contributed by atoms with Crippen LogP contribution in [-0.2, 0) is 0 Å². The molecule has 1 heteroatoms. The lowest BCUT2D eigenvalue weighted by Gasteiger charge is -2.28. The Morgan fingerprint density at radius 1 is 0.955 bits per heavy atom. The number of hydrogen-bond acceptors (Lipinski definition) is 1. The molecule has 0 spiro atoms. The summed E-state index contributed by atoms with van der Waals surface area (Å²) in [4.78, 5) is 2.17. The predicted molar refractivity (Wildman–Crippen MR) is 101 cm³/mol. The molecule has 0 amide bonds. The molecule has 0 aliphatic rings. The van der Waals surface area contributed by atoms with Gasteiger partial charge in [0, 0.05) is 17.1 Å². The molecule has 0 saturated carbocycles. The number of allylic oxidation sites excluding steroid dienone is 10. The molecule has 0 aliphatic heterocycles. The average Bonchev–Trinajstić information content (AvgIpc) is 2.53. The molecule has 118 valence electrons. The number of hydrogen-bond donors (Lipinski definition) is 0. The standard InChI is InChI=1S/C21H29N/c1-7-13-17-19(11-5)22(20(12-6)18-14-8-2)21(15-9-3)16-10-4/h7,9-13,15-18H,1,3,6,8,14H2,2,4-5H3/b16-10-,17-13-,19-11+,20-18+,21-15+. The summed E-state index contributed by atoms with van der Waals surface area (Å²) in [5.74, 6) is 0. The van der Waals surface area contributed by atoms with Crippen molar-refractivity contribution in [3.05, 3.63) is 97.6 Å². The van der Waals surface area contributed by atoms with Crippen molar-refractivity contribution < 1.29 is 0 Å². The van der Waals surface area contributed by atoms with Gasteiger partial charge in [-0.3, -0.25) is 0 Å². The van der Waals surface area contributed by atoms with Crippen LogP contribution in [0.2, 0.25) is 0 Å². The van der Waals surface area contributed by atoms with Gasteiger partial charge in [0.15, 0.2) is 0 Å². The molecule has 0 heterocycles. The van der Waals surface area contributed by atoms with Crippen LogP contribution in [0.25, 0.3) is 0 Å². The SMILES string of the molecule is C=C/C=C\C(=C/C)N(/C(C=C)=C/CCC)C(/C=C\C)=C/C=C. The van der Waals surface area contributed by atoms with E-state index >= 15 is 0 Å². The Balaban J connectivity index is 6.09. The van der Waals surface area contributed by atoms with Gasteiger partial charge in [-0.15, -0.1) is 0 Å². The van der Waals surface area contributed by atoms with E-state index in [-0.39, 0.29) is 0 Å². The lowest BCUT2D eigenvalue weighted by Crippen LogP contribution is -2.19. The fraction of sp³-hybridized carbons (Fsp3) is 0.238. The van der Waals surface area contributed by atoms with E-state index in [1.54, 1.807) is 12.2 Å². The van der Waals surface area contributed by atoms with E-state index in [1.807, 2.05) is 44.2 Å². The van der Waals surface area contributed by atoms with Crippen LogP contribution in [-0.4, -0.2) is 4.90 Å². The van der Waals surface area contributed by atoms with Crippen molar-refractivity contribution >= 4 is 0 Å². The molecule has 0 aromatic heterocycles. The molecule has 0 saturated heterocycles. The average molecular weight is 295 g/mol. The quantitative estimate of drug-likeness (QED) is 0.418. The minimum absolute atomic E-state index is 1.01. The van der Waals surface area contributed by atoms with Crippen molar-refractivity contribution in [2.24, 2.45) is 0 Å². The topological polar surface area (TPSA) is 3.24 Å². The molecule has 0 aromatic rings. The maximum Gasteiger partial charge on any atom is 0.0457 e. The third-order valence-corrected chi connectivity index (χ3v) is 2.95. The summed E-state index contributed by atoms with van der Waals surface area (Å²) in [7, 11) is 0. The van der Waals surface area contributed by atoms with Crippen molar-refractivity contribution in [1.82, 2.24) is 4.90 Å². The first-order chi connectivity index (χ1) is 10.7. The van der Waals surface area contributed by atoms with Crippen LogP contribution in [0.5, 0.6) is 0 Å². The van der Waals surface area contributed by atoms with E-state index in [0.717, 1.165) is 29.9 Å². The normalized spacial score (nSPS) is 13.7. The maximum absolute atomic E-state index is 3.98. The Morgan fingerprint density at radius 3 is 2.14 bits per heavy atom. The lowest BCUT2D eigenvalue weighted by molar-refractivity contribution is 0.572. The van der Waals surface area contributed by atoms with Gasteiger partial charge in [0.1, 0.15) is 0 Å². The predicted octanol–water partition coefficient (Wildman–Crippen LogP) is 6.45. The highest BCUT2D eigenvalue weighted by molar-refractivity contribution is 5.39. The molecule has 0 aromatic carbocycles. The van der Waals surface area contributed by atoms with Gasteiger partial charge in [0.25, 0.3) is 0 Å². The zero-order valence-corrected chi connectivity index (χ0v) is 14.3. The zero-order valence-electron chi connectivity index (χ0n) is 14.3. The largest absolute Gasteiger partial charge is 0.311 e. The summed E-state index contributed by atoms with van der Waals surface area (Å²) in [6.07, 6.45) is 21.9. The van der Waals surface area contributed by atoms with Crippen molar-refractivity contribution in [2.45, 2.75) is 33.6 Å². The highest BCUT2D eigenvalue weighted by Crippen LogP contribution is 2.24. The Bertz CT molecular complexity index is 510. The molecule has 0 atom stereocenters. The second-order valence-corrected chi connectivity index (χ2v) is 4.59. The van der Waals surface area contributed by atoms with Crippen molar-refractivity contribution in [2.75, 3.05) is 0 Å². The molecule has 0 unspecified atom stereocenters. The summed E-state index contributed by atoms with van der Waals surface area (Å²) in [5, 5.41) is 0. The van der Waals surface area contributed by atoms with Gasteiger partial charge < -0.3 is 4.90 Å². The molecule has 0 N–H and O–H groups in total.